The molecule has 2 aromatic carbocycles. The number of fused-ring (bicyclic) bond motifs is 2. The molecule has 4 nitrogen and oxygen atoms in total. The molecule has 0 radical (unpaired) electrons. The highest BCUT2D eigenvalue weighted by atomic mass is 19.1. The van der Waals surface area contributed by atoms with Crippen LogP contribution in [0.4, 0.5) is 4.39 Å². The second-order valence-electron chi connectivity index (χ2n) is 6.76. The molecule has 2 aliphatic rings. The van der Waals surface area contributed by atoms with E-state index in [9.17, 15) is 19.1 Å². The zero-order chi connectivity index (χ0) is 17.6. The maximum Gasteiger partial charge on any atom is 0.240 e. The third kappa shape index (κ3) is 2.38. The minimum Gasteiger partial charge on any atom is -0.386 e. The minimum atomic E-state index is -1.24. The largest absolute Gasteiger partial charge is 0.386 e. The van der Waals surface area contributed by atoms with E-state index in [-0.39, 0.29) is 30.3 Å². The van der Waals surface area contributed by atoms with Gasteiger partial charge in [-0.1, -0.05) is 42.5 Å². The molecule has 1 fully saturated rings. The lowest BCUT2D eigenvalue weighted by Gasteiger charge is -2.24. The molecule has 0 unspecified atom stereocenters. The Kier molecular flexibility index (Phi) is 3.69. The first-order chi connectivity index (χ1) is 12.0. The maximum absolute atomic E-state index is 13.9. The van der Waals surface area contributed by atoms with Crippen molar-refractivity contribution in [2.45, 2.75) is 30.8 Å². The molecule has 1 spiro atoms. The Hall–Kier alpha value is -2.53. The summed E-state index contributed by atoms with van der Waals surface area (Å²) < 4.78 is 13.9. The van der Waals surface area contributed by atoms with Crippen molar-refractivity contribution < 1.29 is 19.1 Å². The number of hydrogen-bond donors (Lipinski definition) is 1. The molecular weight excluding hydrogens is 321 g/mol. The van der Waals surface area contributed by atoms with Crippen LogP contribution in [0.3, 0.4) is 0 Å². The van der Waals surface area contributed by atoms with E-state index in [2.05, 4.69) is 0 Å². The van der Waals surface area contributed by atoms with Gasteiger partial charge in [0, 0.05) is 12.0 Å². The molecule has 1 saturated heterocycles. The molecule has 2 amide bonds. The number of halogens is 1. The van der Waals surface area contributed by atoms with Crippen LogP contribution in [0.25, 0.3) is 0 Å². The van der Waals surface area contributed by atoms with Gasteiger partial charge in [0.25, 0.3) is 0 Å². The number of likely N-dealkylation sites (tertiary alicyclic amines) is 1. The smallest absolute Gasteiger partial charge is 0.240 e. The summed E-state index contributed by atoms with van der Waals surface area (Å²) in [6.45, 7) is -0.220. The SMILES string of the molecule is O=C1C[C@@]2(CCc3ccccc32)C(=O)N1C[C@H](O)c1ccccc1F. The Morgan fingerprint density at radius 1 is 1.12 bits per heavy atom. The molecule has 1 aliphatic carbocycles. The van der Waals surface area contributed by atoms with Gasteiger partial charge < -0.3 is 5.11 Å². The van der Waals surface area contributed by atoms with Gasteiger partial charge in [-0.2, -0.15) is 0 Å². The lowest BCUT2D eigenvalue weighted by Crippen LogP contribution is -2.39. The predicted molar refractivity (Wildman–Crippen MR) is 89.1 cm³/mol. The van der Waals surface area contributed by atoms with Crippen molar-refractivity contribution >= 4 is 11.8 Å². The van der Waals surface area contributed by atoms with Crippen LogP contribution in [0, 0.1) is 5.82 Å². The van der Waals surface area contributed by atoms with Crippen LogP contribution in [-0.4, -0.2) is 28.4 Å². The molecular formula is C20H18FNO3. The molecule has 0 bridgehead atoms. The fourth-order valence-electron chi connectivity index (χ4n) is 4.10. The van der Waals surface area contributed by atoms with E-state index in [1.807, 2.05) is 24.3 Å². The summed E-state index contributed by atoms with van der Waals surface area (Å²) in [5.74, 6) is -1.13. The Morgan fingerprint density at radius 2 is 1.84 bits per heavy atom. The quantitative estimate of drug-likeness (QED) is 0.874. The average molecular weight is 339 g/mol. The van der Waals surface area contributed by atoms with Gasteiger partial charge in [-0.15, -0.1) is 0 Å². The molecule has 1 aliphatic heterocycles. The van der Waals surface area contributed by atoms with E-state index in [1.165, 1.54) is 18.2 Å². The number of nitrogens with zero attached hydrogens (tertiary/aromatic N) is 1. The lowest BCUT2D eigenvalue weighted by atomic mass is 9.80. The van der Waals surface area contributed by atoms with E-state index in [0.29, 0.717) is 6.42 Å². The zero-order valence-electron chi connectivity index (χ0n) is 13.6. The summed E-state index contributed by atoms with van der Waals surface area (Å²) in [7, 11) is 0. The molecule has 128 valence electrons. The fourth-order valence-corrected chi connectivity index (χ4v) is 4.10. The fraction of sp³-hybridized carbons (Fsp3) is 0.300. The number of imide groups is 1. The van der Waals surface area contributed by atoms with Crippen LogP contribution in [0.1, 0.15) is 35.6 Å². The topological polar surface area (TPSA) is 57.6 Å². The van der Waals surface area contributed by atoms with E-state index in [4.69, 9.17) is 0 Å². The Labute approximate surface area is 144 Å². The summed E-state index contributed by atoms with van der Waals surface area (Å²) in [4.78, 5) is 26.7. The highest BCUT2D eigenvalue weighted by Gasteiger charge is 2.55. The van der Waals surface area contributed by atoms with Gasteiger partial charge in [0.15, 0.2) is 0 Å². The molecule has 0 aromatic heterocycles. The second-order valence-corrected chi connectivity index (χ2v) is 6.76. The minimum absolute atomic E-state index is 0.0934. The molecule has 1 N–H and O–H groups in total. The lowest BCUT2D eigenvalue weighted by molar-refractivity contribution is -0.141. The highest BCUT2D eigenvalue weighted by molar-refractivity contribution is 6.09. The first-order valence-electron chi connectivity index (χ1n) is 8.38. The van der Waals surface area contributed by atoms with Crippen LogP contribution in [0.2, 0.25) is 0 Å². The van der Waals surface area contributed by atoms with Crippen molar-refractivity contribution in [2.24, 2.45) is 0 Å². The molecule has 25 heavy (non-hydrogen) atoms. The van der Waals surface area contributed by atoms with Gasteiger partial charge in [0.05, 0.1) is 18.1 Å². The number of aliphatic hydroxyl groups excluding tert-OH is 1. The number of carbonyl (C=O) groups excluding carboxylic acids is 2. The molecule has 1 heterocycles. The highest BCUT2D eigenvalue weighted by Crippen LogP contribution is 2.47. The molecule has 2 atom stereocenters. The van der Waals surface area contributed by atoms with E-state index >= 15 is 0 Å². The normalized spacial score (nSPS) is 23.4. The van der Waals surface area contributed by atoms with Crippen LogP contribution >= 0.6 is 0 Å². The monoisotopic (exact) mass is 339 g/mol. The standard InChI is InChI=1S/C20H18FNO3/c21-16-8-4-2-6-14(16)17(23)12-22-18(24)11-20(19(22)25)10-9-13-5-1-3-7-15(13)20/h1-8,17,23H,9-12H2/t17-,20+/m0/s1. The van der Waals surface area contributed by atoms with Crippen molar-refractivity contribution in [3.63, 3.8) is 0 Å². The molecule has 0 saturated carbocycles. The maximum atomic E-state index is 13.9. The number of rotatable bonds is 3. The number of carbonyl (C=O) groups is 2. The van der Waals surface area contributed by atoms with Crippen molar-refractivity contribution in [1.82, 2.24) is 4.90 Å². The Balaban J connectivity index is 1.62. The van der Waals surface area contributed by atoms with Gasteiger partial charge in [0.1, 0.15) is 5.82 Å². The summed E-state index contributed by atoms with van der Waals surface area (Å²) >= 11 is 0. The summed E-state index contributed by atoms with van der Waals surface area (Å²) in [6.07, 6.45) is 0.246. The van der Waals surface area contributed by atoms with Crippen LogP contribution < -0.4 is 0 Å². The summed E-state index contributed by atoms with van der Waals surface area (Å²) in [5.41, 5.74) is 1.29. The van der Waals surface area contributed by atoms with Gasteiger partial charge >= 0.3 is 0 Å². The zero-order valence-corrected chi connectivity index (χ0v) is 13.6. The number of benzene rings is 2. The average Bonchev–Trinajstić information content (AvgIpc) is 3.09. The van der Waals surface area contributed by atoms with Crippen LogP contribution in [0.5, 0.6) is 0 Å². The van der Waals surface area contributed by atoms with E-state index in [1.54, 1.807) is 6.07 Å². The molecule has 2 aromatic rings. The van der Waals surface area contributed by atoms with Crippen LogP contribution in [0.15, 0.2) is 48.5 Å². The predicted octanol–water partition coefficient (Wildman–Crippen LogP) is 2.50. The van der Waals surface area contributed by atoms with E-state index < -0.39 is 17.3 Å². The summed E-state index contributed by atoms with van der Waals surface area (Å²) in [6, 6.07) is 13.6. The number of aliphatic hydroxyl groups is 1. The third-order valence-corrected chi connectivity index (χ3v) is 5.38. The Morgan fingerprint density at radius 3 is 2.64 bits per heavy atom. The summed E-state index contributed by atoms with van der Waals surface area (Å²) in [5, 5.41) is 10.3. The first kappa shape index (κ1) is 16.0. The molecule has 5 heteroatoms. The molecule has 4 rings (SSSR count). The van der Waals surface area contributed by atoms with Crippen molar-refractivity contribution in [2.75, 3.05) is 6.54 Å². The van der Waals surface area contributed by atoms with Crippen LogP contribution in [-0.2, 0) is 21.4 Å². The van der Waals surface area contributed by atoms with E-state index in [0.717, 1.165) is 22.4 Å². The van der Waals surface area contributed by atoms with Crippen molar-refractivity contribution in [3.05, 3.63) is 71.0 Å². The second kappa shape index (κ2) is 5.77. The van der Waals surface area contributed by atoms with Gasteiger partial charge in [-0.05, 0) is 30.0 Å². The van der Waals surface area contributed by atoms with Crippen molar-refractivity contribution in [3.8, 4) is 0 Å². The van der Waals surface area contributed by atoms with Crippen molar-refractivity contribution in [1.29, 1.82) is 0 Å². The number of amides is 2. The number of hydrogen-bond acceptors (Lipinski definition) is 3. The number of aryl methyl sites for hydroxylation is 1. The van der Waals surface area contributed by atoms with Gasteiger partial charge in [-0.3, -0.25) is 14.5 Å². The number of β-amino-alcohol motifs (C(OH)–C–C–N with tert-alkyl or cyclic N) is 1. The first-order valence-corrected chi connectivity index (χ1v) is 8.38. The van der Waals surface area contributed by atoms with Gasteiger partial charge in [-0.25, -0.2) is 4.39 Å². The third-order valence-electron chi connectivity index (χ3n) is 5.38. The van der Waals surface area contributed by atoms with Gasteiger partial charge in [0.2, 0.25) is 11.8 Å². The Bertz CT molecular complexity index is 866.